The van der Waals surface area contributed by atoms with Crippen LogP contribution < -0.4 is 5.32 Å². The summed E-state index contributed by atoms with van der Waals surface area (Å²) in [6, 6.07) is 4.50. The van der Waals surface area contributed by atoms with Crippen LogP contribution in [0.4, 0.5) is 0 Å². The lowest BCUT2D eigenvalue weighted by Crippen LogP contribution is -2.41. The normalized spacial score (nSPS) is 12.9. The summed E-state index contributed by atoms with van der Waals surface area (Å²) in [4.78, 5) is 23.3. The molecule has 0 aromatic heterocycles. The molecule has 0 saturated heterocycles. The average molecular weight is 327 g/mol. The summed E-state index contributed by atoms with van der Waals surface area (Å²) in [6.45, 7) is 5.28. The van der Waals surface area contributed by atoms with E-state index in [9.17, 15) is 18.0 Å². The molecule has 1 rings (SSSR count). The lowest BCUT2D eigenvalue weighted by Gasteiger charge is -2.16. The SMILES string of the molecule is CCS(=O)(=O)c1ccc(C(=O)NC(CC(C)C)C(=O)O)cc1. The van der Waals surface area contributed by atoms with Crippen molar-refractivity contribution in [3.63, 3.8) is 0 Å². The van der Waals surface area contributed by atoms with E-state index in [0.29, 0.717) is 6.42 Å². The Morgan fingerprint density at radius 1 is 1.18 bits per heavy atom. The van der Waals surface area contributed by atoms with Crippen LogP contribution in [-0.4, -0.2) is 37.2 Å². The molecule has 1 amide bonds. The van der Waals surface area contributed by atoms with Gasteiger partial charge in [0, 0.05) is 5.56 Å². The van der Waals surface area contributed by atoms with Crippen molar-refractivity contribution in [3.05, 3.63) is 29.8 Å². The molecule has 122 valence electrons. The van der Waals surface area contributed by atoms with Gasteiger partial charge >= 0.3 is 5.97 Å². The van der Waals surface area contributed by atoms with Gasteiger partial charge in [0.1, 0.15) is 6.04 Å². The van der Waals surface area contributed by atoms with Gasteiger partial charge in [0.05, 0.1) is 10.6 Å². The van der Waals surface area contributed by atoms with Crippen LogP contribution in [0.5, 0.6) is 0 Å². The van der Waals surface area contributed by atoms with Crippen LogP contribution in [0.1, 0.15) is 37.6 Å². The van der Waals surface area contributed by atoms with Crippen LogP contribution in [0.3, 0.4) is 0 Å². The van der Waals surface area contributed by atoms with E-state index in [1.54, 1.807) is 6.92 Å². The molecule has 0 fully saturated rings. The van der Waals surface area contributed by atoms with Crippen LogP contribution in [0.2, 0.25) is 0 Å². The summed E-state index contributed by atoms with van der Waals surface area (Å²) in [5, 5.41) is 11.6. The smallest absolute Gasteiger partial charge is 0.326 e. The Morgan fingerprint density at radius 3 is 2.14 bits per heavy atom. The molecule has 0 bridgehead atoms. The summed E-state index contributed by atoms with van der Waals surface area (Å²) in [5.74, 6) is -1.52. The van der Waals surface area contributed by atoms with E-state index in [0.717, 1.165) is 0 Å². The number of hydrogen-bond donors (Lipinski definition) is 2. The predicted molar refractivity (Wildman–Crippen MR) is 82.5 cm³/mol. The third-order valence-electron chi connectivity index (χ3n) is 3.17. The van der Waals surface area contributed by atoms with Gasteiger partial charge in [-0.25, -0.2) is 13.2 Å². The quantitative estimate of drug-likeness (QED) is 0.794. The van der Waals surface area contributed by atoms with E-state index < -0.39 is 27.8 Å². The Balaban J connectivity index is 2.88. The van der Waals surface area contributed by atoms with Gasteiger partial charge in [-0.2, -0.15) is 0 Å². The molecule has 0 aliphatic heterocycles. The number of benzene rings is 1. The first-order valence-corrected chi connectivity index (χ1v) is 8.69. The fourth-order valence-corrected chi connectivity index (χ4v) is 2.80. The first-order valence-electron chi connectivity index (χ1n) is 7.04. The average Bonchev–Trinajstić information content (AvgIpc) is 2.46. The molecule has 2 N–H and O–H groups in total. The minimum absolute atomic E-state index is 0.0198. The van der Waals surface area contributed by atoms with Crippen LogP contribution in [0.25, 0.3) is 0 Å². The minimum Gasteiger partial charge on any atom is -0.480 e. The van der Waals surface area contributed by atoms with Gasteiger partial charge in [0.15, 0.2) is 9.84 Å². The Morgan fingerprint density at radius 2 is 1.73 bits per heavy atom. The monoisotopic (exact) mass is 327 g/mol. The lowest BCUT2D eigenvalue weighted by atomic mass is 10.0. The first-order chi connectivity index (χ1) is 10.2. The molecule has 0 saturated carbocycles. The van der Waals surface area contributed by atoms with Gasteiger partial charge in [-0.3, -0.25) is 4.79 Å². The van der Waals surface area contributed by atoms with Crippen molar-refractivity contribution in [2.24, 2.45) is 5.92 Å². The molecule has 0 spiro atoms. The summed E-state index contributed by atoms with van der Waals surface area (Å²) in [6.07, 6.45) is 0.323. The molecule has 1 aromatic carbocycles. The maximum Gasteiger partial charge on any atom is 0.326 e. The van der Waals surface area contributed by atoms with Gasteiger partial charge in [-0.05, 0) is 36.6 Å². The molecule has 1 aromatic rings. The summed E-state index contributed by atoms with van der Waals surface area (Å²) < 4.78 is 23.4. The Kier molecular flexibility index (Phi) is 6.11. The molecule has 7 heteroatoms. The standard InChI is InChI=1S/C15H21NO5S/c1-4-22(20,21)12-7-5-11(6-8-12)14(17)16-13(15(18)19)9-10(2)3/h5-8,10,13H,4,9H2,1-3H3,(H,16,17)(H,18,19). The van der Waals surface area contributed by atoms with Gasteiger partial charge in [-0.15, -0.1) is 0 Å². The molecular formula is C15H21NO5S. The number of sulfone groups is 1. The Bertz CT molecular complexity index is 634. The predicted octanol–water partition coefficient (Wildman–Crippen LogP) is 1.71. The number of carbonyl (C=O) groups excluding carboxylic acids is 1. The number of carbonyl (C=O) groups is 2. The number of nitrogens with one attached hydrogen (secondary N) is 1. The van der Waals surface area contributed by atoms with E-state index in [2.05, 4.69) is 5.32 Å². The zero-order chi connectivity index (χ0) is 16.9. The number of hydrogen-bond acceptors (Lipinski definition) is 4. The molecule has 22 heavy (non-hydrogen) atoms. The second-order valence-corrected chi connectivity index (χ2v) is 7.70. The van der Waals surface area contributed by atoms with Crippen LogP contribution in [0, 0.1) is 5.92 Å². The fraction of sp³-hybridized carbons (Fsp3) is 0.467. The van der Waals surface area contributed by atoms with Gasteiger partial charge < -0.3 is 10.4 Å². The maximum atomic E-state index is 12.0. The molecule has 6 nitrogen and oxygen atoms in total. The summed E-state index contributed by atoms with van der Waals surface area (Å²) >= 11 is 0. The number of amides is 1. The van der Waals surface area contributed by atoms with Crippen molar-refractivity contribution in [3.8, 4) is 0 Å². The van der Waals surface area contributed by atoms with Crippen molar-refractivity contribution in [1.29, 1.82) is 0 Å². The molecule has 0 aliphatic carbocycles. The van der Waals surface area contributed by atoms with E-state index in [1.807, 2.05) is 13.8 Å². The van der Waals surface area contributed by atoms with E-state index >= 15 is 0 Å². The van der Waals surface area contributed by atoms with Crippen LogP contribution in [0.15, 0.2) is 29.2 Å². The summed E-state index contributed by atoms with van der Waals surface area (Å²) in [7, 11) is -3.32. The largest absolute Gasteiger partial charge is 0.480 e. The molecular weight excluding hydrogens is 306 g/mol. The second kappa shape index (κ2) is 7.40. The highest BCUT2D eigenvalue weighted by molar-refractivity contribution is 7.91. The highest BCUT2D eigenvalue weighted by Gasteiger charge is 2.22. The van der Waals surface area contributed by atoms with Crippen LogP contribution >= 0.6 is 0 Å². The molecule has 0 aliphatic rings. The maximum absolute atomic E-state index is 12.0. The Labute approximate surface area is 130 Å². The molecule has 1 unspecified atom stereocenters. The zero-order valence-electron chi connectivity index (χ0n) is 12.9. The topological polar surface area (TPSA) is 101 Å². The van der Waals surface area contributed by atoms with E-state index in [-0.39, 0.29) is 22.1 Å². The van der Waals surface area contributed by atoms with E-state index in [1.165, 1.54) is 24.3 Å². The fourth-order valence-electron chi connectivity index (χ4n) is 1.91. The number of carboxylic acids is 1. The van der Waals surface area contributed by atoms with Crippen LogP contribution in [-0.2, 0) is 14.6 Å². The van der Waals surface area contributed by atoms with Crippen molar-refractivity contribution >= 4 is 21.7 Å². The highest BCUT2D eigenvalue weighted by Crippen LogP contribution is 2.13. The number of carboxylic acid groups (broad SMARTS) is 1. The molecule has 1 atom stereocenters. The number of rotatable bonds is 7. The van der Waals surface area contributed by atoms with Crippen molar-refractivity contribution in [2.75, 3.05) is 5.75 Å². The van der Waals surface area contributed by atoms with Crippen molar-refractivity contribution in [1.82, 2.24) is 5.32 Å². The van der Waals surface area contributed by atoms with Gasteiger partial charge in [0.25, 0.3) is 5.91 Å². The summed E-state index contributed by atoms with van der Waals surface area (Å²) in [5.41, 5.74) is 0.227. The minimum atomic E-state index is -3.32. The van der Waals surface area contributed by atoms with Crippen molar-refractivity contribution in [2.45, 2.75) is 38.1 Å². The Hall–Kier alpha value is -1.89. The second-order valence-electron chi connectivity index (χ2n) is 5.42. The first kappa shape index (κ1) is 18.2. The van der Waals surface area contributed by atoms with Crippen molar-refractivity contribution < 1.29 is 23.1 Å². The molecule has 0 radical (unpaired) electrons. The third kappa shape index (κ3) is 4.84. The number of aliphatic carboxylic acids is 1. The lowest BCUT2D eigenvalue weighted by molar-refractivity contribution is -0.139. The van der Waals surface area contributed by atoms with E-state index in [4.69, 9.17) is 5.11 Å². The van der Waals surface area contributed by atoms with Gasteiger partial charge in [-0.1, -0.05) is 20.8 Å². The molecule has 0 heterocycles. The highest BCUT2D eigenvalue weighted by atomic mass is 32.2. The zero-order valence-corrected chi connectivity index (χ0v) is 13.7. The third-order valence-corrected chi connectivity index (χ3v) is 4.92. The van der Waals surface area contributed by atoms with Gasteiger partial charge in [0.2, 0.25) is 0 Å².